The van der Waals surface area contributed by atoms with E-state index in [0.717, 1.165) is 25.7 Å². The third-order valence-corrected chi connectivity index (χ3v) is 3.29. The molecule has 0 atom stereocenters. The molecule has 2 rings (SSSR count). The minimum absolute atomic E-state index is 0.0131. The van der Waals surface area contributed by atoms with Gasteiger partial charge in [0, 0.05) is 5.69 Å². The van der Waals surface area contributed by atoms with Crippen LogP contribution in [0.1, 0.15) is 25.7 Å². The molecule has 3 nitrogen and oxygen atoms in total. The molecule has 0 spiro atoms. The summed E-state index contributed by atoms with van der Waals surface area (Å²) in [5, 5.41) is 1.76. The maximum absolute atomic E-state index is 12.8. The molecule has 1 aliphatic carbocycles. The molecule has 116 valence electrons. The lowest BCUT2D eigenvalue weighted by Crippen LogP contribution is -2.40. The predicted octanol–water partition coefficient (Wildman–Crippen LogP) is 3.85. The maximum Gasteiger partial charge on any atom is 0.383 e. The van der Waals surface area contributed by atoms with Gasteiger partial charge in [-0.2, -0.15) is 8.78 Å². The Kier molecular flexibility index (Phi) is 4.69. The first-order valence-electron chi connectivity index (χ1n) is 6.63. The summed E-state index contributed by atoms with van der Waals surface area (Å²) in [5.74, 6) is -6.18. The maximum atomic E-state index is 12.8. The van der Waals surface area contributed by atoms with Crippen LogP contribution in [0.3, 0.4) is 0 Å². The van der Waals surface area contributed by atoms with E-state index < -0.39 is 18.3 Å². The number of rotatable bonds is 5. The largest absolute Gasteiger partial charge is 0.490 e. The Balaban J connectivity index is 1.94. The van der Waals surface area contributed by atoms with Crippen molar-refractivity contribution in [2.75, 3.05) is 5.32 Å². The molecule has 1 amide bonds. The normalized spacial score (nSPS) is 16.2. The van der Waals surface area contributed by atoms with Crippen LogP contribution in [0.25, 0.3) is 0 Å². The number of alkyl halides is 4. The molecular formula is C14H15F4NO2. The molecular weight excluding hydrogens is 290 g/mol. The lowest BCUT2D eigenvalue weighted by atomic mass is 10.2. The first-order valence-corrected chi connectivity index (χ1v) is 6.63. The standard InChI is InChI=1S/C14H15F4NO2/c15-12(16)14(17,18)13(20)19-9-5-7-11(8-6-9)21-10-3-1-2-4-10/h5-8,10,12H,1-4H2,(H,19,20). The van der Waals surface area contributed by atoms with Crippen LogP contribution in [0, 0.1) is 0 Å². The average Bonchev–Trinajstić information content (AvgIpc) is 2.93. The van der Waals surface area contributed by atoms with Crippen molar-refractivity contribution >= 4 is 11.6 Å². The predicted molar refractivity (Wildman–Crippen MR) is 68.9 cm³/mol. The molecule has 1 aromatic rings. The van der Waals surface area contributed by atoms with E-state index in [4.69, 9.17) is 4.74 Å². The van der Waals surface area contributed by atoms with Gasteiger partial charge in [-0.05, 0) is 49.9 Å². The molecule has 0 heterocycles. The topological polar surface area (TPSA) is 38.3 Å². The minimum Gasteiger partial charge on any atom is -0.490 e. The Bertz CT molecular complexity index is 484. The van der Waals surface area contributed by atoms with Crippen LogP contribution in [0.4, 0.5) is 23.2 Å². The Morgan fingerprint density at radius 1 is 1.19 bits per heavy atom. The molecule has 1 aliphatic rings. The van der Waals surface area contributed by atoms with Crippen molar-refractivity contribution in [3.05, 3.63) is 24.3 Å². The van der Waals surface area contributed by atoms with Crippen molar-refractivity contribution in [3.63, 3.8) is 0 Å². The van der Waals surface area contributed by atoms with E-state index in [2.05, 4.69) is 0 Å². The van der Waals surface area contributed by atoms with Gasteiger partial charge in [0.25, 0.3) is 0 Å². The summed E-state index contributed by atoms with van der Waals surface area (Å²) >= 11 is 0. The second-order valence-corrected chi connectivity index (χ2v) is 4.93. The molecule has 0 aliphatic heterocycles. The molecule has 0 unspecified atom stereocenters. The Morgan fingerprint density at radius 3 is 2.29 bits per heavy atom. The van der Waals surface area contributed by atoms with Crippen molar-refractivity contribution in [2.24, 2.45) is 0 Å². The zero-order chi connectivity index (χ0) is 15.5. The van der Waals surface area contributed by atoms with Crippen molar-refractivity contribution < 1.29 is 27.1 Å². The van der Waals surface area contributed by atoms with Crippen LogP contribution in [0.5, 0.6) is 5.75 Å². The number of carbonyl (C=O) groups excluding carboxylic acids is 1. The van der Waals surface area contributed by atoms with Crippen molar-refractivity contribution in [2.45, 2.75) is 44.1 Å². The molecule has 1 saturated carbocycles. The highest BCUT2D eigenvalue weighted by Gasteiger charge is 2.48. The summed E-state index contributed by atoms with van der Waals surface area (Å²) in [6.45, 7) is 0. The fourth-order valence-electron chi connectivity index (χ4n) is 2.13. The lowest BCUT2D eigenvalue weighted by molar-refractivity contribution is -0.163. The molecule has 0 saturated heterocycles. The highest BCUT2D eigenvalue weighted by atomic mass is 19.3. The first kappa shape index (κ1) is 15.6. The van der Waals surface area contributed by atoms with Crippen LogP contribution in [0.2, 0.25) is 0 Å². The summed E-state index contributed by atoms with van der Waals surface area (Å²) < 4.78 is 55.3. The quantitative estimate of drug-likeness (QED) is 0.839. The third kappa shape index (κ3) is 3.86. The van der Waals surface area contributed by atoms with Crippen LogP contribution in [0.15, 0.2) is 24.3 Å². The Labute approximate surface area is 119 Å². The fraction of sp³-hybridized carbons (Fsp3) is 0.500. The number of halogens is 4. The monoisotopic (exact) mass is 305 g/mol. The highest BCUT2D eigenvalue weighted by molar-refractivity contribution is 5.96. The number of hydrogen-bond acceptors (Lipinski definition) is 2. The molecule has 7 heteroatoms. The average molecular weight is 305 g/mol. The van der Waals surface area contributed by atoms with Gasteiger partial charge in [0.2, 0.25) is 0 Å². The van der Waals surface area contributed by atoms with Crippen LogP contribution in [-0.2, 0) is 4.79 Å². The van der Waals surface area contributed by atoms with Gasteiger partial charge in [-0.15, -0.1) is 0 Å². The molecule has 21 heavy (non-hydrogen) atoms. The third-order valence-electron chi connectivity index (χ3n) is 3.29. The van der Waals surface area contributed by atoms with Gasteiger partial charge < -0.3 is 10.1 Å². The fourth-order valence-corrected chi connectivity index (χ4v) is 2.13. The van der Waals surface area contributed by atoms with Gasteiger partial charge in [0.05, 0.1) is 6.10 Å². The smallest absolute Gasteiger partial charge is 0.383 e. The summed E-state index contributed by atoms with van der Waals surface area (Å²) in [6, 6.07) is 5.69. The number of benzene rings is 1. The summed E-state index contributed by atoms with van der Waals surface area (Å²) in [6.07, 6.45) is 0.275. The van der Waals surface area contributed by atoms with E-state index in [1.807, 2.05) is 0 Å². The second kappa shape index (κ2) is 6.32. The van der Waals surface area contributed by atoms with Crippen molar-refractivity contribution in [1.82, 2.24) is 0 Å². The Morgan fingerprint density at radius 2 is 1.76 bits per heavy atom. The molecule has 1 aromatic carbocycles. The van der Waals surface area contributed by atoms with Crippen molar-refractivity contribution in [1.29, 1.82) is 0 Å². The minimum atomic E-state index is -4.71. The summed E-state index contributed by atoms with van der Waals surface area (Å²) in [7, 11) is 0. The van der Waals surface area contributed by atoms with Crippen LogP contribution < -0.4 is 10.1 Å². The zero-order valence-corrected chi connectivity index (χ0v) is 11.1. The van der Waals surface area contributed by atoms with E-state index in [9.17, 15) is 22.4 Å². The van der Waals surface area contributed by atoms with Gasteiger partial charge in [-0.3, -0.25) is 4.79 Å². The van der Waals surface area contributed by atoms with E-state index in [1.165, 1.54) is 24.3 Å². The van der Waals surface area contributed by atoms with Gasteiger partial charge in [0.1, 0.15) is 5.75 Å². The van der Waals surface area contributed by atoms with Gasteiger partial charge in [0.15, 0.2) is 0 Å². The van der Waals surface area contributed by atoms with Crippen LogP contribution in [-0.4, -0.2) is 24.4 Å². The van der Waals surface area contributed by atoms with Crippen LogP contribution >= 0.6 is 0 Å². The number of nitrogens with one attached hydrogen (secondary N) is 1. The summed E-state index contributed by atoms with van der Waals surface area (Å²) in [5.41, 5.74) is 0.0131. The molecule has 1 fully saturated rings. The molecule has 0 radical (unpaired) electrons. The van der Waals surface area contributed by atoms with Crippen molar-refractivity contribution in [3.8, 4) is 5.75 Å². The zero-order valence-electron chi connectivity index (χ0n) is 11.1. The van der Waals surface area contributed by atoms with Gasteiger partial charge >= 0.3 is 18.3 Å². The second-order valence-electron chi connectivity index (χ2n) is 4.93. The van der Waals surface area contributed by atoms with E-state index in [-0.39, 0.29) is 11.8 Å². The van der Waals surface area contributed by atoms with Gasteiger partial charge in [-0.1, -0.05) is 0 Å². The van der Waals surface area contributed by atoms with E-state index in [0.29, 0.717) is 5.75 Å². The Hall–Kier alpha value is -1.79. The highest BCUT2D eigenvalue weighted by Crippen LogP contribution is 2.27. The first-order chi connectivity index (χ1) is 9.89. The number of amides is 1. The molecule has 0 bridgehead atoms. The van der Waals surface area contributed by atoms with E-state index in [1.54, 1.807) is 5.32 Å². The SMILES string of the molecule is O=C(Nc1ccc(OC2CCCC2)cc1)C(F)(F)C(F)F. The van der Waals surface area contributed by atoms with Gasteiger partial charge in [-0.25, -0.2) is 8.78 Å². The molecule has 1 N–H and O–H groups in total. The molecule has 0 aromatic heterocycles. The number of ether oxygens (including phenoxy) is 1. The van der Waals surface area contributed by atoms with E-state index >= 15 is 0 Å². The lowest BCUT2D eigenvalue weighted by Gasteiger charge is -2.16. The number of hydrogen-bond donors (Lipinski definition) is 1. The number of carbonyl (C=O) groups is 1. The summed E-state index contributed by atoms with van der Waals surface area (Å²) in [4.78, 5) is 11.1. The number of anilines is 1.